The van der Waals surface area contributed by atoms with Gasteiger partial charge < -0.3 is 0 Å². The summed E-state index contributed by atoms with van der Waals surface area (Å²) in [5, 5.41) is 0. The van der Waals surface area contributed by atoms with Crippen molar-refractivity contribution in [1.29, 1.82) is 0 Å². The molecule has 2 aromatic heterocycles. The summed E-state index contributed by atoms with van der Waals surface area (Å²) in [5.41, 5.74) is 2.88. The van der Waals surface area contributed by atoms with E-state index in [9.17, 15) is 4.79 Å². The van der Waals surface area contributed by atoms with Crippen LogP contribution in [0.5, 0.6) is 0 Å². The zero-order valence-electron chi connectivity index (χ0n) is 10.7. The zero-order valence-corrected chi connectivity index (χ0v) is 10.7. The number of carbonyl (C=O) groups is 1. The number of Topliss-reactive ketones (excluding diaryl/α,β-unsaturated/α-hetero) is 1. The third kappa shape index (κ3) is 1.84. The van der Waals surface area contributed by atoms with Crippen LogP contribution in [-0.2, 0) is 0 Å². The summed E-state index contributed by atoms with van der Waals surface area (Å²) in [5.74, 6) is 0.515. The molecule has 0 amide bonds. The first-order chi connectivity index (χ1) is 8.77. The Bertz CT molecular complexity index is 579. The van der Waals surface area contributed by atoms with Crippen LogP contribution in [0.3, 0.4) is 0 Å². The molecule has 2 aromatic rings. The summed E-state index contributed by atoms with van der Waals surface area (Å²) in [6.45, 7) is 2.01. The number of imidazole rings is 1. The van der Waals surface area contributed by atoms with Gasteiger partial charge in [-0.05, 0) is 31.4 Å². The molecular weight excluding hydrogens is 224 g/mol. The van der Waals surface area contributed by atoms with Crippen LogP contribution in [0.1, 0.15) is 48.2 Å². The molecule has 1 aliphatic rings. The highest BCUT2D eigenvalue weighted by molar-refractivity contribution is 5.98. The van der Waals surface area contributed by atoms with Gasteiger partial charge in [-0.15, -0.1) is 0 Å². The number of ketones is 1. The van der Waals surface area contributed by atoms with Gasteiger partial charge in [-0.3, -0.25) is 9.20 Å². The van der Waals surface area contributed by atoms with Crippen molar-refractivity contribution in [1.82, 2.24) is 9.38 Å². The lowest BCUT2D eigenvalue weighted by atomic mass is 9.84. The van der Waals surface area contributed by atoms with Crippen LogP contribution < -0.4 is 0 Å². The Morgan fingerprint density at radius 3 is 2.83 bits per heavy atom. The predicted molar refractivity (Wildman–Crippen MR) is 70.8 cm³/mol. The molecule has 0 radical (unpaired) electrons. The number of aromatic nitrogens is 2. The van der Waals surface area contributed by atoms with Gasteiger partial charge in [-0.25, -0.2) is 4.98 Å². The molecular formula is C15H18N2O. The first-order valence-corrected chi connectivity index (χ1v) is 6.73. The summed E-state index contributed by atoms with van der Waals surface area (Å²) in [7, 11) is 0. The summed E-state index contributed by atoms with van der Waals surface area (Å²) in [6, 6.07) is 4.03. The van der Waals surface area contributed by atoms with Gasteiger partial charge in [0.25, 0.3) is 0 Å². The minimum Gasteiger partial charge on any atom is -0.296 e. The van der Waals surface area contributed by atoms with Crippen LogP contribution in [0.25, 0.3) is 5.52 Å². The van der Waals surface area contributed by atoms with E-state index in [1.807, 2.05) is 23.5 Å². The zero-order chi connectivity index (χ0) is 12.5. The fourth-order valence-corrected chi connectivity index (χ4v) is 2.97. The standard InChI is InChI=1S/C15H18N2O/c1-11-7-8-13-9-16-10-17(13)14(11)15(18)12-5-3-2-4-6-12/h7-10,12H,2-6H2,1H3. The Morgan fingerprint density at radius 1 is 1.28 bits per heavy atom. The number of hydrogen-bond acceptors (Lipinski definition) is 2. The van der Waals surface area contributed by atoms with Crippen LogP contribution in [0.2, 0.25) is 0 Å². The second kappa shape index (κ2) is 4.56. The van der Waals surface area contributed by atoms with Gasteiger partial charge in [-0.1, -0.05) is 25.3 Å². The minimum absolute atomic E-state index is 0.213. The maximum atomic E-state index is 12.7. The Labute approximate surface area is 107 Å². The van der Waals surface area contributed by atoms with Crippen molar-refractivity contribution in [2.75, 3.05) is 0 Å². The van der Waals surface area contributed by atoms with E-state index in [2.05, 4.69) is 4.98 Å². The molecule has 2 heterocycles. The maximum Gasteiger partial charge on any atom is 0.182 e. The SMILES string of the molecule is Cc1ccc2cncn2c1C(=O)C1CCCCC1. The Hall–Kier alpha value is -1.64. The van der Waals surface area contributed by atoms with Crippen molar-refractivity contribution in [2.24, 2.45) is 5.92 Å². The normalized spacial score (nSPS) is 17.2. The van der Waals surface area contributed by atoms with E-state index in [0.717, 1.165) is 29.6 Å². The maximum absolute atomic E-state index is 12.7. The van der Waals surface area contributed by atoms with Gasteiger partial charge in [-0.2, -0.15) is 0 Å². The number of rotatable bonds is 2. The molecule has 0 spiro atoms. The van der Waals surface area contributed by atoms with E-state index in [-0.39, 0.29) is 5.92 Å². The lowest BCUT2D eigenvalue weighted by Gasteiger charge is -2.21. The molecule has 94 valence electrons. The van der Waals surface area contributed by atoms with Gasteiger partial charge in [0.15, 0.2) is 5.78 Å². The quantitative estimate of drug-likeness (QED) is 0.756. The Balaban J connectivity index is 2.04. The van der Waals surface area contributed by atoms with E-state index < -0.39 is 0 Å². The van der Waals surface area contributed by atoms with Gasteiger partial charge in [0.2, 0.25) is 0 Å². The summed E-state index contributed by atoms with van der Waals surface area (Å²) < 4.78 is 1.94. The van der Waals surface area contributed by atoms with E-state index in [1.54, 1.807) is 12.5 Å². The molecule has 1 fully saturated rings. The first-order valence-electron chi connectivity index (χ1n) is 6.73. The Kier molecular flexibility index (Phi) is 2.90. The largest absolute Gasteiger partial charge is 0.296 e. The molecule has 0 aliphatic heterocycles. The predicted octanol–water partition coefficient (Wildman–Crippen LogP) is 3.41. The summed E-state index contributed by atoms with van der Waals surface area (Å²) in [4.78, 5) is 16.8. The second-order valence-corrected chi connectivity index (χ2v) is 5.25. The lowest BCUT2D eigenvalue weighted by Crippen LogP contribution is -2.21. The van der Waals surface area contributed by atoms with Crippen LogP contribution in [0, 0.1) is 12.8 Å². The molecule has 3 heteroatoms. The molecule has 0 unspecified atom stereocenters. The summed E-state index contributed by atoms with van der Waals surface area (Å²) >= 11 is 0. The highest BCUT2D eigenvalue weighted by Gasteiger charge is 2.25. The number of fused-ring (bicyclic) bond motifs is 1. The van der Waals surface area contributed by atoms with E-state index >= 15 is 0 Å². The molecule has 0 N–H and O–H groups in total. The molecule has 0 saturated heterocycles. The second-order valence-electron chi connectivity index (χ2n) is 5.25. The molecule has 3 nitrogen and oxygen atoms in total. The number of carbonyl (C=O) groups excluding carboxylic acids is 1. The topological polar surface area (TPSA) is 34.4 Å². The smallest absolute Gasteiger partial charge is 0.182 e. The van der Waals surface area contributed by atoms with Gasteiger partial charge >= 0.3 is 0 Å². The number of nitrogens with zero attached hydrogens (tertiary/aromatic N) is 2. The van der Waals surface area contributed by atoms with Crippen LogP contribution in [0.4, 0.5) is 0 Å². The average Bonchev–Trinajstić information content (AvgIpc) is 2.87. The monoisotopic (exact) mass is 242 g/mol. The molecule has 1 aliphatic carbocycles. The third-order valence-corrected chi connectivity index (χ3v) is 3.99. The van der Waals surface area contributed by atoms with Crippen LogP contribution in [-0.4, -0.2) is 15.2 Å². The number of hydrogen-bond donors (Lipinski definition) is 0. The molecule has 0 bridgehead atoms. The fourth-order valence-electron chi connectivity index (χ4n) is 2.97. The van der Waals surface area contributed by atoms with Crippen molar-refractivity contribution < 1.29 is 4.79 Å². The molecule has 1 saturated carbocycles. The van der Waals surface area contributed by atoms with Crippen molar-refractivity contribution in [2.45, 2.75) is 39.0 Å². The van der Waals surface area contributed by atoms with Gasteiger partial charge in [0.05, 0.1) is 23.7 Å². The third-order valence-electron chi connectivity index (χ3n) is 3.99. The number of aryl methyl sites for hydroxylation is 1. The summed E-state index contributed by atoms with van der Waals surface area (Å²) in [6.07, 6.45) is 9.30. The van der Waals surface area contributed by atoms with E-state index in [1.165, 1.54) is 19.3 Å². The van der Waals surface area contributed by atoms with Crippen molar-refractivity contribution >= 4 is 11.3 Å². The molecule has 0 atom stereocenters. The average molecular weight is 242 g/mol. The molecule has 0 aromatic carbocycles. The van der Waals surface area contributed by atoms with Crippen LogP contribution in [0.15, 0.2) is 24.7 Å². The number of pyridine rings is 1. The van der Waals surface area contributed by atoms with Crippen molar-refractivity contribution in [3.8, 4) is 0 Å². The van der Waals surface area contributed by atoms with Gasteiger partial charge in [0.1, 0.15) is 0 Å². The molecule has 3 rings (SSSR count). The van der Waals surface area contributed by atoms with Crippen molar-refractivity contribution in [3.05, 3.63) is 35.9 Å². The minimum atomic E-state index is 0.213. The fraction of sp³-hybridized carbons (Fsp3) is 0.467. The van der Waals surface area contributed by atoms with Crippen LogP contribution >= 0.6 is 0 Å². The molecule has 18 heavy (non-hydrogen) atoms. The van der Waals surface area contributed by atoms with Crippen molar-refractivity contribution in [3.63, 3.8) is 0 Å². The highest BCUT2D eigenvalue weighted by atomic mass is 16.1. The highest BCUT2D eigenvalue weighted by Crippen LogP contribution is 2.28. The van der Waals surface area contributed by atoms with E-state index in [0.29, 0.717) is 5.78 Å². The first kappa shape index (κ1) is 11.5. The lowest BCUT2D eigenvalue weighted by molar-refractivity contribution is 0.0882. The Morgan fingerprint density at radius 2 is 2.06 bits per heavy atom. The van der Waals surface area contributed by atoms with E-state index in [4.69, 9.17) is 0 Å². The van der Waals surface area contributed by atoms with Gasteiger partial charge in [0, 0.05) is 5.92 Å².